The van der Waals surface area contributed by atoms with E-state index in [9.17, 15) is 29.1 Å². The van der Waals surface area contributed by atoms with Crippen LogP contribution in [0.2, 0.25) is 0 Å². The zero-order valence-electron chi connectivity index (χ0n) is 28.4. The molecule has 0 heterocycles. The average molecular weight is 712 g/mol. The Bertz CT molecular complexity index is 1190. The Morgan fingerprint density at radius 2 is 1.16 bits per heavy atom. The second kappa shape index (κ2) is 27.7. The minimum atomic E-state index is -1.29. The largest absolute Gasteiger partial charge is 0.480 e. The van der Waals surface area contributed by atoms with Crippen molar-refractivity contribution in [2.24, 2.45) is 38.4 Å². The lowest BCUT2D eigenvalue weighted by atomic mass is 10.0. The Hall–Kier alpha value is -5.24. The molecule has 0 bridgehead atoms. The third-order valence-corrected chi connectivity index (χ3v) is 7.18. The van der Waals surface area contributed by atoms with Crippen molar-refractivity contribution in [1.82, 2.24) is 32.1 Å². The Morgan fingerprint density at radius 1 is 0.680 bits per heavy atom. The molecule has 0 aromatic carbocycles. The maximum absolute atomic E-state index is 13.6. The van der Waals surface area contributed by atoms with Crippen LogP contribution in [0.15, 0.2) is 15.4 Å². The zero-order valence-corrected chi connectivity index (χ0v) is 28.4. The Kier molecular flexibility index (Phi) is 24.8. The average Bonchev–Trinajstić information content (AvgIpc) is 3.07. The quantitative estimate of drug-likeness (QED) is 0.00804. The lowest BCUT2D eigenvalue weighted by Crippen LogP contribution is -2.58. The molecule has 23 nitrogen and oxygen atoms in total. The summed E-state index contributed by atoms with van der Waals surface area (Å²) in [5.74, 6) is -4.21. The van der Waals surface area contributed by atoms with Crippen molar-refractivity contribution in [2.45, 2.75) is 108 Å². The smallest absolute Gasteiger partial charge is 0.326 e. The van der Waals surface area contributed by atoms with Crippen molar-refractivity contribution in [3.63, 3.8) is 0 Å². The molecule has 0 saturated heterocycles. The third-order valence-electron chi connectivity index (χ3n) is 7.18. The normalized spacial score (nSPS) is 13.3. The molecule has 282 valence electrons. The predicted octanol–water partition coefficient (Wildman–Crippen LogP) is -1.49. The van der Waals surface area contributed by atoms with Crippen LogP contribution in [0.4, 0.5) is 0 Å². The summed E-state index contributed by atoms with van der Waals surface area (Å²) < 4.78 is 0. The molecule has 0 saturated carbocycles. The highest BCUT2D eigenvalue weighted by molar-refractivity contribution is 5.95. The van der Waals surface area contributed by atoms with Crippen LogP contribution in [0.5, 0.6) is 0 Å². The predicted molar refractivity (Wildman–Crippen MR) is 184 cm³/mol. The first-order valence-electron chi connectivity index (χ1n) is 16.4. The van der Waals surface area contributed by atoms with Crippen molar-refractivity contribution in [1.29, 1.82) is 0 Å². The summed E-state index contributed by atoms with van der Waals surface area (Å²) in [5.41, 5.74) is 43.9. The standard InChI is InChI=1S/C27H53N17O6/c1-17(37-23(46)18(29)9-2-5-13-28)22(45)38-20(12-8-14-34-27(30)31)24(47)39-19(10-3-6-15-35-43-41-32)25(48)40-21(26(49)50)11-4-7-16-36-44-42-33/h17-21,35-36H,2-16,28-29H2,1H3,(H,37,46)(H,38,45)(H,39,47)(H,40,48)(H,49,50)(H4,30,31,34)/t17-,18-,19-,20-,21-/m0/s1. The number of carboxylic acids is 1. The second-order valence-corrected chi connectivity index (χ2v) is 11.3. The summed E-state index contributed by atoms with van der Waals surface area (Å²) in [5, 5.41) is 26.3. The number of unbranched alkanes of at least 4 members (excludes halogenated alkanes) is 3. The number of guanidine groups is 1. The van der Waals surface area contributed by atoms with Crippen molar-refractivity contribution in [2.75, 3.05) is 26.2 Å². The van der Waals surface area contributed by atoms with E-state index in [4.69, 9.17) is 34.0 Å². The van der Waals surface area contributed by atoms with Gasteiger partial charge in [0.05, 0.1) is 19.1 Å². The highest BCUT2D eigenvalue weighted by atomic mass is 16.4. The molecular formula is C27H53N17O6. The molecule has 0 aliphatic rings. The number of carbonyl (C=O) groups is 5. The Morgan fingerprint density at radius 3 is 1.66 bits per heavy atom. The minimum absolute atomic E-state index is 0.0413. The van der Waals surface area contributed by atoms with Crippen LogP contribution >= 0.6 is 0 Å². The molecule has 50 heavy (non-hydrogen) atoms. The van der Waals surface area contributed by atoms with Crippen LogP contribution in [0, 0.1) is 0 Å². The van der Waals surface area contributed by atoms with E-state index in [-0.39, 0.29) is 44.7 Å². The molecule has 0 radical (unpaired) electrons. The maximum atomic E-state index is 13.6. The van der Waals surface area contributed by atoms with Gasteiger partial charge in [-0.25, -0.2) is 4.79 Å². The fourth-order valence-electron chi connectivity index (χ4n) is 4.43. The second-order valence-electron chi connectivity index (χ2n) is 11.3. The van der Waals surface area contributed by atoms with Gasteiger partial charge in [-0.1, -0.05) is 6.42 Å². The van der Waals surface area contributed by atoms with E-state index in [0.29, 0.717) is 58.0 Å². The number of carboxylic acid groups (broad SMARTS) is 1. The molecule has 5 atom stereocenters. The van der Waals surface area contributed by atoms with Gasteiger partial charge in [-0.15, -0.1) is 11.1 Å². The van der Waals surface area contributed by atoms with Gasteiger partial charge in [0.2, 0.25) is 23.6 Å². The van der Waals surface area contributed by atoms with E-state index in [0.717, 1.165) is 0 Å². The first kappa shape index (κ1) is 44.8. The van der Waals surface area contributed by atoms with Crippen LogP contribution in [-0.4, -0.2) is 97.1 Å². The lowest BCUT2D eigenvalue weighted by molar-refractivity contribution is -0.142. The van der Waals surface area contributed by atoms with Gasteiger partial charge in [0, 0.05) is 6.54 Å². The van der Waals surface area contributed by atoms with Gasteiger partial charge in [0.25, 0.3) is 0 Å². The Balaban J connectivity index is 5.83. The third kappa shape index (κ3) is 21.6. The number of hydrogen-bond acceptors (Lipinski definition) is 10. The van der Waals surface area contributed by atoms with Gasteiger partial charge in [-0.2, -0.15) is 9.82 Å². The van der Waals surface area contributed by atoms with Crippen LogP contribution < -0.4 is 55.1 Å². The molecule has 4 amide bonds. The van der Waals surface area contributed by atoms with Crippen molar-refractivity contribution >= 4 is 35.6 Å². The van der Waals surface area contributed by atoms with Gasteiger partial charge in [-0.05, 0) is 88.1 Å². The molecule has 0 unspecified atom stereocenters. The molecule has 0 spiro atoms. The minimum Gasteiger partial charge on any atom is -0.480 e. The number of rotatable bonds is 29. The number of aliphatic carboxylic acids is 1. The van der Waals surface area contributed by atoms with Gasteiger partial charge in [0.1, 0.15) is 24.2 Å². The summed E-state index contributed by atoms with van der Waals surface area (Å²) in [4.78, 5) is 73.5. The molecule has 15 N–H and O–H groups in total. The van der Waals surface area contributed by atoms with E-state index in [1.165, 1.54) is 6.92 Å². The van der Waals surface area contributed by atoms with E-state index < -0.39 is 59.8 Å². The molecule has 23 heteroatoms. The van der Waals surface area contributed by atoms with E-state index >= 15 is 0 Å². The number of hydrogen-bond donors (Lipinski definition) is 11. The fraction of sp³-hybridized carbons (Fsp3) is 0.778. The Labute approximate surface area is 290 Å². The van der Waals surface area contributed by atoms with Crippen LogP contribution in [0.1, 0.15) is 77.6 Å². The van der Waals surface area contributed by atoms with Crippen LogP contribution in [0.25, 0.3) is 20.9 Å². The molecular weight excluding hydrogens is 658 g/mol. The SMILES string of the molecule is C[C@H](NC(=O)[C@@H](N)CCCCN)C(=O)N[C@@H](CCCN=C(N)N)C(=O)N[C@@H](CCCCNN=[N+]=[N-])C(=O)N[C@@H](CCCCNN=[N+]=[N-])C(=O)O. The molecule has 0 rings (SSSR count). The van der Waals surface area contributed by atoms with Gasteiger partial charge in [-0.3, -0.25) is 35.0 Å². The number of nitrogens with one attached hydrogen (secondary N) is 6. The number of amides is 4. The van der Waals surface area contributed by atoms with Crippen LogP contribution in [-0.2, 0) is 24.0 Å². The number of aliphatic imine (C=N–C) groups is 1. The molecule has 0 aromatic heterocycles. The van der Waals surface area contributed by atoms with Gasteiger partial charge >= 0.3 is 5.97 Å². The molecule has 0 aliphatic carbocycles. The maximum Gasteiger partial charge on any atom is 0.326 e. The highest BCUT2D eigenvalue weighted by Crippen LogP contribution is 2.08. The summed E-state index contributed by atoms with van der Waals surface area (Å²) in [7, 11) is 0. The monoisotopic (exact) mass is 711 g/mol. The number of nitrogens with two attached hydrogens (primary N) is 4. The number of azide groups is 2. The summed E-state index contributed by atoms with van der Waals surface area (Å²) in [6.45, 7) is 2.58. The number of carbonyl (C=O) groups excluding carboxylic acids is 4. The summed E-state index contributed by atoms with van der Waals surface area (Å²) in [6, 6.07) is -5.63. The van der Waals surface area contributed by atoms with E-state index in [1.54, 1.807) is 0 Å². The van der Waals surface area contributed by atoms with Crippen molar-refractivity contribution in [3.8, 4) is 0 Å². The summed E-state index contributed by atoms with van der Waals surface area (Å²) in [6.07, 6.45) is 3.72. The first-order valence-corrected chi connectivity index (χ1v) is 16.4. The number of nitrogens with zero attached hydrogens (tertiary/aromatic N) is 7. The topological polar surface area (TPSA) is 392 Å². The first-order chi connectivity index (χ1) is 23.9. The van der Waals surface area contributed by atoms with Crippen molar-refractivity contribution < 1.29 is 29.1 Å². The van der Waals surface area contributed by atoms with Gasteiger partial charge < -0.3 is 49.3 Å². The molecule has 0 aliphatic heterocycles. The summed E-state index contributed by atoms with van der Waals surface area (Å²) >= 11 is 0. The van der Waals surface area contributed by atoms with Crippen LogP contribution in [0.3, 0.4) is 0 Å². The lowest BCUT2D eigenvalue weighted by Gasteiger charge is -2.25. The van der Waals surface area contributed by atoms with Crippen molar-refractivity contribution in [3.05, 3.63) is 20.9 Å². The van der Waals surface area contributed by atoms with Gasteiger partial charge in [0.15, 0.2) is 5.96 Å². The molecule has 0 fully saturated rings. The fourth-order valence-corrected chi connectivity index (χ4v) is 4.43. The van der Waals surface area contributed by atoms with E-state index in [2.05, 4.69) is 57.4 Å². The van der Waals surface area contributed by atoms with E-state index in [1.807, 2.05) is 0 Å². The molecule has 0 aromatic rings. The highest BCUT2D eigenvalue weighted by Gasteiger charge is 2.30. The zero-order chi connectivity index (χ0) is 37.7.